The Balaban J connectivity index is 2.62. The molecule has 26 nitrogen and oxygen atoms in total. The van der Waals surface area contributed by atoms with Gasteiger partial charge in [0.15, 0.2) is 0 Å². The Kier molecular flexibility index (Phi) is 7.70. The molecule has 0 unspecified atom stereocenters. The number of pyridine rings is 1. The molecule has 0 aliphatic rings. The van der Waals surface area contributed by atoms with Crippen molar-refractivity contribution in [1.29, 1.82) is 0 Å². The van der Waals surface area contributed by atoms with Crippen molar-refractivity contribution >= 4 is 51.2 Å². The third-order valence-electron chi connectivity index (χ3n) is 5.20. The smallest absolute Gasteiger partial charge is 0.299 e. The van der Waals surface area contributed by atoms with Crippen molar-refractivity contribution in [3.8, 4) is 5.69 Å². The van der Waals surface area contributed by atoms with Gasteiger partial charge in [0.05, 0.1) is 76.0 Å². The van der Waals surface area contributed by atoms with Gasteiger partial charge in [-0.05, 0) is 0 Å². The molecule has 0 spiro atoms. The Labute approximate surface area is 229 Å². The lowest BCUT2D eigenvalue weighted by Gasteiger charge is -2.09. The zero-order valence-electron chi connectivity index (χ0n) is 20.0. The monoisotopic (exact) mass is 606 g/mol. The van der Waals surface area contributed by atoms with E-state index in [0.29, 0.717) is 0 Å². The molecule has 1 aromatic heterocycles. The van der Waals surface area contributed by atoms with E-state index in [2.05, 4.69) is 4.99 Å². The molecule has 0 bridgehead atoms. The number of nitrogens with zero attached hydrogens (tertiary/aromatic N) is 10. The highest BCUT2D eigenvalue weighted by Crippen LogP contribution is 2.41. The molecule has 0 saturated heterocycles. The summed E-state index contributed by atoms with van der Waals surface area (Å²) in [6, 6.07) is 0.788. The normalized spacial score (nSPS) is 10.4. The van der Waals surface area contributed by atoms with E-state index < -0.39 is 102 Å². The summed E-state index contributed by atoms with van der Waals surface area (Å²) in [4.78, 5) is 84.9. The summed E-state index contributed by atoms with van der Waals surface area (Å²) in [5, 5.41) is 91.1. The number of non-ortho nitro benzene ring substituents is 2. The molecule has 0 N–H and O–H groups in total. The molecule has 0 radical (unpaired) electrons. The van der Waals surface area contributed by atoms with E-state index >= 15 is 0 Å². The van der Waals surface area contributed by atoms with Gasteiger partial charge in [0.25, 0.3) is 11.4 Å². The van der Waals surface area contributed by atoms with Gasteiger partial charge in [-0.1, -0.05) is 0 Å². The summed E-state index contributed by atoms with van der Waals surface area (Å²) in [7, 11) is 0. The molecular formula is C17H6N10O16. The first kappa shape index (κ1) is 30.1. The van der Waals surface area contributed by atoms with Crippen LogP contribution in [0.1, 0.15) is 0 Å². The molecule has 2 aromatic carbocycles. The van der Waals surface area contributed by atoms with E-state index in [1.807, 2.05) is 0 Å². The van der Waals surface area contributed by atoms with Crippen LogP contribution in [0.2, 0.25) is 0 Å². The molecule has 220 valence electrons. The summed E-state index contributed by atoms with van der Waals surface area (Å²) in [5.41, 5.74) is -13.9. The average Bonchev–Trinajstić information content (AvgIpc) is 2.91. The predicted molar refractivity (Wildman–Crippen MR) is 131 cm³/mol. The second-order valence-electron chi connectivity index (χ2n) is 7.62. The number of rotatable bonds is 10. The maximum atomic E-state index is 11.9. The highest BCUT2D eigenvalue weighted by molar-refractivity contribution is 5.75. The standard InChI is InChI=1S/C17H6N10O16/c28-20(29)7-1-9(22(32)33)15(10(2-7)23(34)35)18-16-13(26(40)41)5-19(6-14(16)27(42)43)17-11(24(36)37)3-8(21(30)31)4-12(17)25(38)39/h1-6H. The van der Waals surface area contributed by atoms with Crippen molar-refractivity contribution in [2.45, 2.75) is 0 Å². The lowest BCUT2D eigenvalue weighted by atomic mass is 10.2. The molecule has 0 fully saturated rings. The van der Waals surface area contributed by atoms with Crippen LogP contribution in [-0.2, 0) is 0 Å². The zero-order chi connectivity index (χ0) is 32.5. The van der Waals surface area contributed by atoms with E-state index in [1.165, 1.54) is 0 Å². The first-order valence-electron chi connectivity index (χ1n) is 10.3. The number of aromatic nitrogens is 1. The summed E-state index contributed by atoms with van der Waals surface area (Å²) >= 11 is 0. The number of nitro groups is 8. The SMILES string of the molecule is O=[N+]([O-])c1cc([N+](=O)[O-])c(N=c2c([N+](=O)[O-])cn(-c3c([N+](=O)[O-])cc([N+](=O)[O-])cc3[N+](=O)[O-])cc2[N+](=O)[O-])c([N+](=O)[O-])c1. The number of benzene rings is 2. The van der Waals surface area contributed by atoms with Crippen LogP contribution in [0.25, 0.3) is 5.69 Å². The summed E-state index contributed by atoms with van der Waals surface area (Å²) < 4.78 is 0.119. The van der Waals surface area contributed by atoms with Crippen molar-refractivity contribution < 1.29 is 39.4 Å². The fraction of sp³-hybridized carbons (Fsp3) is 0. The molecule has 43 heavy (non-hydrogen) atoms. The van der Waals surface area contributed by atoms with Crippen LogP contribution in [0, 0.1) is 80.9 Å². The summed E-state index contributed by atoms with van der Waals surface area (Å²) in [5.74, 6) is 0. The van der Waals surface area contributed by atoms with Gasteiger partial charge in [-0.25, -0.2) is 4.99 Å². The highest BCUT2D eigenvalue weighted by Gasteiger charge is 2.36. The molecular weight excluding hydrogens is 600 g/mol. The van der Waals surface area contributed by atoms with Gasteiger partial charge < -0.3 is 0 Å². The van der Waals surface area contributed by atoms with Crippen molar-refractivity contribution in [3.63, 3.8) is 0 Å². The predicted octanol–water partition coefficient (Wildman–Crippen LogP) is 2.98. The lowest BCUT2D eigenvalue weighted by Crippen LogP contribution is -2.18. The third kappa shape index (κ3) is 5.66. The van der Waals surface area contributed by atoms with Crippen LogP contribution < -0.4 is 5.36 Å². The van der Waals surface area contributed by atoms with Gasteiger partial charge >= 0.3 is 34.1 Å². The van der Waals surface area contributed by atoms with E-state index in [-0.39, 0.29) is 41.2 Å². The van der Waals surface area contributed by atoms with Crippen LogP contribution >= 0.6 is 0 Å². The lowest BCUT2D eigenvalue weighted by molar-refractivity contribution is -0.403. The zero-order valence-corrected chi connectivity index (χ0v) is 20.0. The highest BCUT2D eigenvalue weighted by atomic mass is 16.7. The fourth-order valence-corrected chi connectivity index (χ4v) is 3.50. The average molecular weight is 606 g/mol. The minimum atomic E-state index is -1.56. The van der Waals surface area contributed by atoms with Crippen LogP contribution in [0.15, 0.2) is 41.7 Å². The minimum Gasteiger partial charge on any atom is -0.299 e. The summed E-state index contributed by atoms with van der Waals surface area (Å²) in [6.07, 6.45) is 0.353. The van der Waals surface area contributed by atoms with Crippen molar-refractivity contribution in [2.24, 2.45) is 4.99 Å². The maximum Gasteiger partial charge on any atom is 0.318 e. The number of hydrogen-bond acceptors (Lipinski definition) is 17. The summed E-state index contributed by atoms with van der Waals surface area (Å²) in [6.45, 7) is 0. The largest absolute Gasteiger partial charge is 0.318 e. The first-order chi connectivity index (χ1) is 20.0. The Morgan fingerprint density at radius 3 is 1.02 bits per heavy atom. The Morgan fingerprint density at radius 2 is 0.744 bits per heavy atom. The first-order valence-corrected chi connectivity index (χ1v) is 10.3. The third-order valence-corrected chi connectivity index (χ3v) is 5.20. The second kappa shape index (κ2) is 11.0. The molecule has 0 atom stereocenters. The molecule has 1 heterocycles. The van der Waals surface area contributed by atoms with Gasteiger partial charge in [0.1, 0.15) is 0 Å². The molecule has 3 aromatic rings. The maximum absolute atomic E-state index is 11.9. The second-order valence-corrected chi connectivity index (χ2v) is 7.62. The topological polar surface area (TPSA) is 362 Å². The van der Waals surface area contributed by atoms with Crippen LogP contribution in [0.3, 0.4) is 0 Å². The fourth-order valence-electron chi connectivity index (χ4n) is 3.50. The van der Waals surface area contributed by atoms with Crippen LogP contribution in [0.4, 0.5) is 51.2 Å². The quantitative estimate of drug-likeness (QED) is 0.236. The van der Waals surface area contributed by atoms with Gasteiger partial charge in [0, 0.05) is 0 Å². The van der Waals surface area contributed by atoms with Gasteiger partial charge in [-0.2, -0.15) is 0 Å². The van der Waals surface area contributed by atoms with Crippen molar-refractivity contribution in [1.82, 2.24) is 4.57 Å². The van der Waals surface area contributed by atoms with Crippen LogP contribution in [-0.4, -0.2) is 44.0 Å². The minimum absolute atomic E-state index is 0.119. The molecule has 0 saturated carbocycles. The molecule has 0 aliphatic heterocycles. The molecule has 26 heteroatoms. The van der Waals surface area contributed by atoms with Crippen LogP contribution in [0.5, 0.6) is 0 Å². The van der Waals surface area contributed by atoms with E-state index in [0.717, 1.165) is 0 Å². The number of nitro benzene ring substituents is 6. The van der Waals surface area contributed by atoms with E-state index in [9.17, 15) is 80.9 Å². The number of hydrogen-bond donors (Lipinski definition) is 0. The van der Waals surface area contributed by atoms with Gasteiger partial charge in [-0.15, -0.1) is 0 Å². The Hall–Kier alpha value is -7.41. The van der Waals surface area contributed by atoms with Crippen molar-refractivity contribution in [3.05, 3.63) is 123 Å². The molecule has 3 rings (SSSR count). The Bertz CT molecular complexity index is 1810. The van der Waals surface area contributed by atoms with Gasteiger partial charge in [0.2, 0.25) is 16.7 Å². The molecule has 0 amide bonds. The van der Waals surface area contributed by atoms with E-state index in [1.54, 1.807) is 0 Å². The van der Waals surface area contributed by atoms with Crippen molar-refractivity contribution in [2.75, 3.05) is 0 Å². The molecule has 0 aliphatic carbocycles. The Morgan fingerprint density at radius 1 is 0.442 bits per heavy atom. The van der Waals surface area contributed by atoms with E-state index in [4.69, 9.17) is 0 Å². The van der Waals surface area contributed by atoms with Gasteiger partial charge in [-0.3, -0.25) is 85.5 Å².